The Balaban J connectivity index is 2.11. The van der Waals surface area contributed by atoms with E-state index in [0.717, 1.165) is 36.2 Å². The van der Waals surface area contributed by atoms with Crippen molar-refractivity contribution in [2.45, 2.75) is 31.4 Å². The molecule has 0 unspecified atom stereocenters. The van der Waals surface area contributed by atoms with Crippen LogP contribution in [0.25, 0.3) is 11.0 Å². The molecule has 0 radical (unpaired) electrons. The molecule has 0 bridgehead atoms. The van der Waals surface area contributed by atoms with Crippen molar-refractivity contribution in [2.24, 2.45) is 7.05 Å². The van der Waals surface area contributed by atoms with Gasteiger partial charge in [-0.05, 0) is 26.0 Å². The summed E-state index contributed by atoms with van der Waals surface area (Å²) in [6.07, 6.45) is 9.16. The lowest BCUT2D eigenvalue weighted by Crippen LogP contribution is -2.31. The maximum atomic E-state index is 12.5. The average molecular weight is 348 g/mol. The first-order chi connectivity index (χ1) is 11.7. The molecule has 1 fully saturated rings. The third-order valence-corrected chi connectivity index (χ3v) is 5.56. The van der Waals surface area contributed by atoms with E-state index in [0.29, 0.717) is 17.4 Å². The van der Waals surface area contributed by atoms with E-state index in [4.69, 9.17) is 4.74 Å². The minimum atomic E-state index is -0.310. The molecule has 0 N–H and O–H groups in total. The molecule has 2 aromatic heterocycles. The van der Waals surface area contributed by atoms with E-state index in [9.17, 15) is 4.79 Å². The quantitative estimate of drug-likeness (QED) is 0.792. The van der Waals surface area contributed by atoms with E-state index >= 15 is 0 Å². The molecular formula is C17H24N4O2S. The van der Waals surface area contributed by atoms with Crippen LogP contribution in [0.5, 0.6) is 0 Å². The molecule has 3 rings (SSSR count). The standard InChI is InChI=1S/C17H24N4O2S/c1-4-23-17(22)14-9-18-16-13(10-19-20(16)2)15(14)21-8-6-5-7-12(11-21)24-3/h9-10,12H,4-8,11H2,1-3H3/t12-/m0/s1. The average Bonchev–Trinajstić information content (AvgIpc) is 2.82. The fourth-order valence-electron chi connectivity index (χ4n) is 3.28. The van der Waals surface area contributed by atoms with Gasteiger partial charge < -0.3 is 9.64 Å². The number of ether oxygens (including phenoxy) is 1. The second-order valence-electron chi connectivity index (χ2n) is 6.05. The molecule has 1 atom stereocenters. The maximum Gasteiger partial charge on any atom is 0.341 e. The Morgan fingerprint density at radius 2 is 2.25 bits per heavy atom. The van der Waals surface area contributed by atoms with Crippen molar-refractivity contribution in [3.05, 3.63) is 18.0 Å². The number of nitrogens with zero attached hydrogens (tertiary/aromatic N) is 4. The third-order valence-electron chi connectivity index (χ3n) is 4.51. The van der Waals surface area contributed by atoms with E-state index < -0.39 is 0 Å². The number of pyridine rings is 1. The second kappa shape index (κ2) is 7.42. The molecule has 1 aliphatic heterocycles. The van der Waals surface area contributed by atoms with Gasteiger partial charge in [-0.1, -0.05) is 6.42 Å². The van der Waals surface area contributed by atoms with Crippen LogP contribution in [0.2, 0.25) is 0 Å². The topological polar surface area (TPSA) is 60.2 Å². The van der Waals surface area contributed by atoms with Gasteiger partial charge in [0.25, 0.3) is 0 Å². The fraction of sp³-hybridized carbons (Fsp3) is 0.588. The van der Waals surface area contributed by atoms with Gasteiger partial charge >= 0.3 is 5.97 Å². The molecule has 0 aliphatic carbocycles. The molecule has 0 aromatic carbocycles. The predicted octanol–water partition coefficient (Wildman–Crippen LogP) is 2.87. The van der Waals surface area contributed by atoms with Crippen LogP contribution >= 0.6 is 11.8 Å². The van der Waals surface area contributed by atoms with Gasteiger partial charge in [-0.25, -0.2) is 9.78 Å². The zero-order valence-corrected chi connectivity index (χ0v) is 15.3. The molecule has 130 valence electrons. The highest BCUT2D eigenvalue weighted by atomic mass is 32.2. The summed E-state index contributed by atoms with van der Waals surface area (Å²) in [7, 11) is 1.87. The molecule has 0 amide bonds. The molecule has 24 heavy (non-hydrogen) atoms. The van der Waals surface area contributed by atoms with Gasteiger partial charge in [-0.3, -0.25) is 4.68 Å². The van der Waals surface area contributed by atoms with Crippen LogP contribution in [0, 0.1) is 0 Å². The summed E-state index contributed by atoms with van der Waals surface area (Å²) in [5, 5.41) is 5.82. The number of anilines is 1. The molecule has 0 saturated carbocycles. The van der Waals surface area contributed by atoms with Crippen LogP contribution in [-0.2, 0) is 11.8 Å². The van der Waals surface area contributed by atoms with E-state index in [2.05, 4.69) is 21.2 Å². The summed E-state index contributed by atoms with van der Waals surface area (Å²) in [6, 6.07) is 0. The Bertz CT molecular complexity index is 731. The van der Waals surface area contributed by atoms with Crippen molar-refractivity contribution < 1.29 is 9.53 Å². The number of hydrogen-bond donors (Lipinski definition) is 0. The van der Waals surface area contributed by atoms with Crippen LogP contribution in [-0.4, -0.2) is 51.9 Å². The van der Waals surface area contributed by atoms with Crippen LogP contribution in [0.15, 0.2) is 12.4 Å². The van der Waals surface area contributed by atoms with Crippen molar-refractivity contribution in [3.63, 3.8) is 0 Å². The Kier molecular flexibility index (Phi) is 5.28. The minimum absolute atomic E-state index is 0.310. The van der Waals surface area contributed by atoms with Crippen LogP contribution < -0.4 is 4.90 Å². The number of aryl methyl sites for hydroxylation is 1. The van der Waals surface area contributed by atoms with E-state index in [1.165, 1.54) is 12.8 Å². The smallest absolute Gasteiger partial charge is 0.341 e. The van der Waals surface area contributed by atoms with Crippen LogP contribution in [0.1, 0.15) is 36.5 Å². The molecule has 1 saturated heterocycles. The Morgan fingerprint density at radius 3 is 3.00 bits per heavy atom. The van der Waals surface area contributed by atoms with Gasteiger partial charge in [-0.15, -0.1) is 0 Å². The molecule has 7 heteroatoms. The maximum absolute atomic E-state index is 12.5. The monoisotopic (exact) mass is 348 g/mol. The van der Waals surface area contributed by atoms with E-state index in [-0.39, 0.29) is 5.97 Å². The summed E-state index contributed by atoms with van der Waals surface area (Å²) in [4.78, 5) is 19.2. The first-order valence-corrected chi connectivity index (χ1v) is 9.70. The number of thioether (sulfide) groups is 1. The van der Waals surface area contributed by atoms with Crippen molar-refractivity contribution in [2.75, 3.05) is 30.9 Å². The highest BCUT2D eigenvalue weighted by molar-refractivity contribution is 7.99. The zero-order valence-electron chi connectivity index (χ0n) is 14.5. The normalized spacial score (nSPS) is 18.6. The third kappa shape index (κ3) is 3.22. The summed E-state index contributed by atoms with van der Waals surface area (Å²) >= 11 is 1.90. The molecular weight excluding hydrogens is 324 g/mol. The summed E-state index contributed by atoms with van der Waals surface area (Å²) in [5.74, 6) is -0.310. The molecule has 2 aromatic rings. The first-order valence-electron chi connectivity index (χ1n) is 8.41. The second-order valence-corrected chi connectivity index (χ2v) is 7.18. The highest BCUT2D eigenvalue weighted by Gasteiger charge is 2.26. The highest BCUT2D eigenvalue weighted by Crippen LogP contribution is 2.33. The van der Waals surface area contributed by atoms with Crippen LogP contribution in [0.3, 0.4) is 0 Å². The fourth-order valence-corrected chi connectivity index (χ4v) is 4.01. The van der Waals surface area contributed by atoms with Gasteiger partial charge in [0.1, 0.15) is 5.56 Å². The van der Waals surface area contributed by atoms with Gasteiger partial charge in [0.05, 0.1) is 23.9 Å². The number of aromatic nitrogens is 3. The molecule has 1 aliphatic rings. The number of esters is 1. The van der Waals surface area contributed by atoms with E-state index in [1.807, 2.05) is 25.7 Å². The zero-order chi connectivity index (χ0) is 17.1. The number of carbonyl (C=O) groups is 1. The van der Waals surface area contributed by atoms with Crippen molar-refractivity contribution in [3.8, 4) is 0 Å². The Hall–Kier alpha value is -1.76. The lowest BCUT2D eigenvalue weighted by atomic mass is 10.1. The number of hydrogen-bond acceptors (Lipinski definition) is 6. The van der Waals surface area contributed by atoms with Gasteiger partial charge in [0.15, 0.2) is 5.65 Å². The lowest BCUT2D eigenvalue weighted by molar-refractivity contribution is 0.0527. The molecule has 3 heterocycles. The predicted molar refractivity (Wildman–Crippen MR) is 97.8 cm³/mol. The SMILES string of the molecule is CCOC(=O)c1cnc2c(cnn2C)c1N1CCCC[C@H](SC)C1. The van der Waals surface area contributed by atoms with Crippen molar-refractivity contribution in [1.29, 1.82) is 0 Å². The van der Waals surface area contributed by atoms with Gasteiger partial charge in [0, 0.05) is 31.6 Å². The van der Waals surface area contributed by atoms with Crippen LogP contribution in [0.4, 0.5) is 5.69 Å². The molecule has 0 spiro atoms. The van der Waals surface area contributed by atoms with Crippen molar-refractivity contribution in [1.82, 2.24) is 14.8 Å². The lowest BCUT2D eigenvalue weighted by Gasteiger charge is -2.27. The minimum Gasteiger partial charge on any atom is -0.462 e. The first kappa shape index (κ1) is 17.1. The van der Waals surface area contributed by atoms with Gasteiger partial charge in [0.2, 0.25) is 0 Å². The number of fused-ring (bicyclic) bond motifs is 1. The van der Waals surface area contributed by atoms with Gasteiger partial charge in [-0.2, -0.15) is 16.9 Å². The van der Waals surface area contributed by atoms with Crippen molar-refractivity contribution >= 4 is 34.5 Å². The number of carbonyl (C=O) groups excluding carboxylic acids is 1. The summed E-state index contributed by atoms with van der Waals surface area (Å²) in [5.41, 5.74) is 2.26. The Labute approximate surface area is 146 Å². The molecule has 6 nitrogen and oxygen atoms in total. The Morgan fingerprint density at radius 1 is 1.42 bits per heavy atom. The number of rotatable bonds is 4. The van der Waals surface area contributed by atoms with E-state index in [1.54, 1.807) is 17.1 Å². The largest absolute Gasteiger partial charge is 0.462 e. The summed E-state index contributed by atoms with van der Waals surface area (Å²) < 4.78 is 7.01. The summed E-state index contributed by atoms with van der Waals surface area (Å²) in [6.45, 7) is 4.05.